The smallest absolute Gasteiger partial charge is 0.252 e. The molecule has 1 saturated heterocycles. The van der Waals surface area contributed by atoms with Crippen LogP contribution in [0.3, 0.4) is 0 Å². The number of likely N-dealkylation sites (tertiary alicyclic amines) is 1. The summed E-state index contributed by atoms with van der Waals surface area (Å²) < 4.78 is 20.3. The van der Waals surface area contributed by atoms with Gasteiger partial charge < -0.3 is 26.4 Å². The molecule has 2 aromatic rings. The highest BCUT2D eigenvalue weighted by Crippen LogP contribution is 2.34. The second-order valence-corrected chi connectivity index (χ2v) is 9.06. The van der Waals surface area contributed by atoms with Gasteiger partial charge in [-0.1, -0.05) is 30.7 Å². The minimum Gasteiger partial charge on any atom is -0.492 e. The van der Waals surface area contributed by atoms with Gasteiger partial charge in [0.25, 0.3) is 5.91 Å². The van der Waals surface area contributed by atoms with Crippen LogP contribution < -0.4 is 21.5 Å². The summed E-state index contributed by atoms with van der Waals surface area (Å²) in [6.45, 7) is 2.42. The molecule has 1 aliphatic heterocycles. The van der Waals surface area contributed by atoms with Crippen molar-refractivity contribution >= 4 is 29.3 Å². The maximum atomic E-state index is 14.2. The van der Waals surface area contributed by atoms with Gasteiger partial charge in [0.05, 0.1) is 17.5 Å². The third-order valence-electron chi connectivity index (χ3n) is 6.41. The first kappa shape index (κ1) is 26.4. The zero-order valence-electron chi connectivity index (χ0n) is 19.6. The molecule has 35 heavy (non-hydrogen) atoms. The predicted molar refractivity (Wildman–Crippen MR) is 130 cm³/mol. The highest BCUT2D eigenvalue weighted by atomic mass is 35.5. The molecule has 0 atom stereocenters. The molecule has 1 heterocycles. The normalized spacial score (nSPS) is 14.9. The largest absolute Gasteiger partial charge is 0.492 e. The van der Waals surface area contributed by atoms with Crippen molar-refractivity contribution in [1.82, 2.24) is 10.2 Å². The van der Waals surface area contributed by atoms with Crippen molar-refractivity contribution in [2.75, 3.05) is 26.2 Å². The molecule has 5 N–H and O–H groups in total. The minimum atomic E-state index is -1.01. The number of benzene rings is 2. The second-order valence-electron chi connectivity index (χ2n) is 8.62. The van der Waals surface area contributed by atoms with Crippen LogP contribution in [-0.4, -0.2) is 48.9 Å². The predicted octanol–water partition coefficient (Wildman–Crippen LogP) is 2.40. The van der Waals surface area contributed by atoms with Crippen molar-refractivity contribution < 1.29 is 23.5 Å². The molecular formula is C25H30ClFN4O4. The number of amides is 3. The van der Waals surface area contributed by atoms with Crippen molar-refractivity contribution in [3.8, 4) is 5.75 Å². The van der Waals surface area contributed by atoms with Crippen molar-refractivity contribution in [3.05, 3.63) is 63.9 Å². The number of hydrogen-bond donors (Lipinski definition) is 3. The van der Waals surface area contributed by atoms with E-state index in [9.17, 15) is 18.8 Å². The van der Waals surface area contributed by atoms with Crippen LogP contribution in [0.1, 0.15) is 41.3 Å². The van der Waals surface area contributed by atoms with Crippen LogP contribution in [0.25, 0.3) is 0 Å². The van der Waals surface area contributed by atoms with Crippen LogP contribution in [0.2, 0.25) is 5.02 Å². The van der Waals surface area contributed by atoms with Crippen LogP contribution >= 0.6 is 11.6 Å². The number of aryl methyl sites for hydroxylation is 1. The van der Waals surface area contributed by atoms with Gasteiger partial charge >= 0.3 is 0 Å². The molecule has 10 heteroatoms. The molecular weight excluding hydrogens is 475 g/mol. The Balaban J connectivity index is 1.82. The fraction of sp³-hybridized carbons (Fsp3) is 0.400. The number of carbonyl (C=O) groups excluding carboxylic acids is 3. The van der Waals surface area contributed by atoms with Gasteiger partial charge in [-0.25, -0.2) is 4.39 Å². The summed E-state index contributed by atoms with van der Waals surface area (Å²) in [5.74, 6) is -1.39. The van der Waals surface area contributed by atoms with Crippen LogP contribution in [-0.2, 0) is 22.6 Å². The Morgan fingerprint density at radius 1 is 1.17 bits per heavy atom. The Kier molecular flexibility index (Phi) is 8.69. The fourth-order valence-electron chi connectivity index (χ4n) is 4.10. The van der Waals surface area contributed by atoms with Gasteiger partial charge in [-0.2, -0.15) is 0 Å². The summed E-state index contributed by atoms with van der Waals surface area (Å²) in [4.78, 5) is 39.0. The maximum absolute atomic E-state index is 14.2. The molecule has 1 aliphatic rings. The Morgan fingerprint density at radius 3 is 2.49 bits per heavy atom. The van der Waals surface area contributed by atoms with E-state index in [0.29, 0.717) is 37.2 Å². The number of nitrogens with one attached hydrogen (secondary N) is 1. The summed E-state index contributed by atoms with van der Waals surface area (Å²) in [6, 6.07) is 9.39. The highest BCUT2D eigenvalue weighted by molar-refractivity contribution is 6.30. The molecule has 3 amide bonds. The quantitative estimate of drug-likeness (QED) is 0.483. The summed E-state index contributed by atoms with van der Waals surface area (Å²) in [5.41, 5.74) is 11.5. The number of nitrogens with zero attached hydrogens (tertiary/aromatic N) is 1. The monoisotopic (exact) mass is 504 g/mol. The number of ether oxygens (including phenoxy) is 1. The zero-order chi connectivity index (χ0) is 25.6. The highest BCUT2D eigenvalue weighted by Gasteiger charge is 2.43. The lowest BCUT2D eigenvalue weighted by Crippen LogP contribution is -2.53. The number of piperidine rings is 1. The van der Waals surface area contributed by atoms with Gasteiger partial charge in [0.15, 0.2) is 0 Å². The van der Waals surface area contributed by atoms with Crippen LogP contribution in [0.5, 0.6) is 5.75 Å². The number of carbonyl (C=O) groups is 3. The van der Waals surface area contributed by atoms with E-state index < -0.39 is 17.1 Å². The molecule has 0 aliphatic carbocycles. The molecule has 8 nitrogen and oxygen atoms in total. The molecule has 2 aromatic carbocycles. The van der Waals surface area contributed by atoms with Gasteiger partial charge in [0.2, 0.25) is 11.8 Å². The van der Waals surface area contributed by atoms with Gasteiger partial charge in [0, 0.05) is 30.2 Å². The third kappa shape index (κ3) is 6.29. The van der Waals surface area contributed by atoms with Crippen LogP contribution in [0, 0.1) is 11.2 Å². The van der Waals surface area contributed by atoms with Crippen LogP contribution in [0.15, 0.2) is 36.4 Å². The van der Waals surface area contributed by atoms with E-state index in [1.807, 2.05) is 6.92 Å². The lowest BCUT2D eigenvalue weighted by atomic mass is 9.78. The van der Waals surface area contributed by atoms with Gasteiger partial charge in [-0.05, 0) is 49.1 Å². The Hall–Kier alpha value is -3.17. The van der Waals surface area contributed by atoms with E-state index in [1.54, 1.807) is 29.2 Å². The first-order valence-corrected chi connectivity index (χ1v) is 11.8. The average molecular weight is 505 g/mol. The molecule has 1 fully saturated rings. The first-order valence-electron chi connectivity index (χ1n) is 11.4. The number of primary amides is 1. The molecule has 0 aromatic heterocycles. The summed E-state index contributed by atoms with van der Waals surface area (Å²) in [5, 5.41) is 3.07. The number of halogens is 2. The van der Waals surface area contributed by atoms with E-state index in [1.165, 1.54) is 12.1 Å². The molecule has 0 bridgehead atoms. The average Bonchev–Trinajstić information content (AvgIpc) is 2.86. The first-order chi connectivity index (χ1) is 16.7. The minimum absolute atomic E-state index is 0.0348. The van der Waals surface area contributed by atoms with Crippen molar-refractivity contribution in [2.24, 2.45) is 16.9 Å². The van der Waals surface area contributed by atoms with Crippen molar-refractivity contribution in [1.29, 1.82) is 0 Å². The molecule has 0 radical (unpaired) electrons. The molecule has 3 rings (SSSR count). The standard InChI is InChI=1S/C25H30ClFN4O4/c1-2-16-3-6-19(23(29)33)21(11-16)35-15-25(7-9-31(10-8-25)22(32)13-28)24(34)30-14-17-4-5-18(26)12-20(17)27/h3-6,11-12H,2,7-10,13-15,28H2,1H3,(H2,29,33)(H,30,34). The summed E-state index contributed by atoms with van der Waals surface area (Å²) in [7, 11) is 0. The Bertz CT molecular complexity index is 1100. The van der Waals surface area contributed by atoms with E-state index in [2.05, 4.69) is 5.32 Å². The molecule has 188 valence electrons. The van der Waals surface area contributed by atoms with Gasteiger partial charge in [-0.15, -0.1) is 0 Å². The van der Waals surface area contributed by atoms with E-state index in [-0.39, 0.29) is 42.1 Å². The fourth-order valence-corrected chi connectivity index (χ4v) is 4.26. The Labute approximate surface area is 208 Å². The lowest BCUT2D eigenvalue weighted by molar-refractivity contribution is -0.141. The van der Waals surface area contributed by atoms with E-state index in [4.69, 9.17) is 27.8 Å². The van der Waals surface area contributed by atoms with Crippen molar-refractivity contribution in [2.45, 2.75) is 32.7 Å². The summed E-state index contributed by atoms with van der Waals surface area (Å²) in [6.07, 6.45) is 1.35. The topological polar surface area (TPSA) is 128 Å². The van der Waals surface area contributed by atoms with Gasteiger partial charge in [0.1, 0.15) is 18.2 Å². The molecule has 0 unspecified atom stereocenters. The third-order valence-corrected chi connectivity index (χ3v) is 6.64. The van der Waals surface area contributed by atoms with Gasteiger partial charge in [-0.3, -0.25) is 14.4 Å². The number of hydrogen-bond acceptors (Lipinski definition) is 5. The zero-order valence-corrected chi connectivity index (χ0v) is 20.4. The maximum Gasteiger partial charge on any atom is 0.252 e. The SMILES string of the molecule is CCc1ccc(C(N)=O)c(OCC2(C(=O)NCc3ccc(Cl)cc3F)CCN(C(=O)CN)CC2)c1. The number of rotatable bonds is 9. The van der Waals surface area contributed by atoms with Crippen LogP contribution in [0.4, 0.5) is 4.39 Å². The van der Waals surface area contributed by atoms with E-state index in [0.717, 1.165) is 12.0 Å². The van der Waals surface area contributed by atoms with Crippen molar-refractivity contribution in [3.63, 3.8) is 0 Å². The molecule has 0 spiro atoms. The number of nitrogens with two attached hydrogens (primary N) is 2. The summed E-state index contributed by atoms with van der Waals surface area (Å²) >= 11 is 5.81. The lowest BCUT2D eigenvalue weighted by Gasteiger charge is -2.40. The van der Waals surface area contributed by atoms with E-state index >= 15 is 0 Å². The second kappa shape index (κ2) is 11.5. The molecule has 0 saturated carbocycles. The Morgan fingerprint density at radius 2 is 1.89 bits per heavy atom.